The number of hydrogen-bond acceptors (Lipinski definition) is 2. The van der Waals surface area contributed by atoms with Crippen molar-refractivity contribution in [2.45, 2.75) is 31.3 Å². The van der Waals surface area contributed by atoms with Crippen LogP contribution in [0.1, 0.15) is 25.7 Å². The first-order valence-corrected chi connectivity index (χ1v) is 6.16. The molecule has 0 unspecified atom stereocenters. The van der Waals surface area contributed by atoms with Gasteiger partial charge in [-0.3, -0.25) is 0 Å². The van der Waals surface area contributed by atoms with Crippen molar-refractivity contribution in [3.8, 4) is 5.75 Å². The van der Waals surface area contributed by atoms with E-state index in [1.807, 2.05) is 0 Å². The van der Waals surface area contributed by atoms with Gasteiger partial charge in [0.15, 0.2) is 0 Å². The topological polar surface area (TPSA) is 46.5 Å². The summed E-state index contributed by atoms with van der Waals surface area (Å²) in [5.41, 5.74) is -1.12. The maximum atomic E-state index is 11.3. The van der Waals surface area contributed by atoms with Crippen molar-refractivity contribution in [3.63, 3.8) is 0 Å². The Morgan fingerprint density at radius 1 is 1.18 bits per heavy atom. The van der Waals surface area contributed by atoms with Crippen LogP contribution in [0.3, 0.4) is 0 Å². The first-order chi connectivity index (χ1) is 8.02. The molecule has 2 rings (SSSR count). The molecule has 1 N–H and O–H groups in total. The summed E-state index contributed by atoms with van der Waals surface area (Å²) in [5.74, 6) is -0.516. The summed E-state index contributed by atoms with van der Waals surface area (Å²) in [7, 11) is 0. The molecule has 17 heavy (non-hydrogen) atoms. The van der Waals surface area contributed by atoms with Crippen molar-refractivity contribution in [1.82, 2.24) is 0 Å². The molecule has 1 aromatic carbocycles. The van der Waals surface area contributed by atoms with Gasteiger partial charge in [-0.1, -0.05) is 23.2 Å². The highest BCUT2D eigenvalue weighted by atomic mass is 35.5. The molecule has 3 nitrogen and oxygen atoms in total. The molecule has 0 amide bonds. The standard InChI is InChI=1S/C12H12Cl2O3/c13-8-5-9(14)7-10(6-8)17-12(11(15)16)3-1-2-4-12/h5-7H,1-4H2,(H,15,16). The van der Waals surface area contributed by atoms with Crippen LogP contribution in [0.15, 0.2) is 18.2 Å². The summed E-state index contributed by atoms with van der Waals surface area (Å²) in [4.78, 5) is 11.3. The molecule has 0 saturated heterocycles. The number of rotatable bonds is 3. The van der Waals surface area contributed by atoms with Gasteiger partial charge in [-0.25, -0.2) is 4.79 Å². The second-order valence-corrected chi connectivity index (χ2v) is 5.09. The molecule has 92 valence electrons. The number of carboxylic acids is 1. The van der Waals surface area contributed by atoms with Gasteiger partial charge in [0, 0.05) is 10.0 Å². The van der Waals surface area contributed by atoms with E-state index in [2.05, 4.69) is 0 Å². The average Bonchev–Trinajstić information content (AvgIpc) is 2.65. The fourth-order valence-electron chi connectivity index (χ4n) is 2.12. The largest absolute Gasteiger partial charge is 0.478 e. The van der Waals surface area contributed by atoms with Crippen LogP contribution in [-0.4, -0.2) is 16.7 Å². The maximum Gasteiger partial charge on any atom is 0.348 e. The Bertz CT molecular complexity index is 419. The summed E-state index contributed by atoms with van der Waals surface area (Å²) in [6, 6.07) is 4.74. The van der Waals surface area contributed by atoms with Crippen LogP contribution < -0.4 is 4.74 Å². The molecule has 1 fully saturated rings. The van der Waals surface area contributed by atoms with Gasteiger partial charge in [0.05, 0.1) is 0 Å². The number of carboxylic acid groups (broad SMARTS) is 1. The molecule has 1 aliphatic carbocycles. The van der Waals surface area contributed by atoms with E-state index in [0.717, 1.165) is 12.8 Å². The van der Waals surface area contributed by atoms with Gasteiger partial charge in [0.25, 0.3) is 0 Å². The molecule has 0 spiro atoms. The van der Waals surface area contributed by atoms with Crippen molar-refractivity contribution in [1.29, 1.82) is 0 Å². The molecule has 0 atom stereocenters. The lowest BCUT2D eigenvalue weighted by molar-refractivity contribution is -0.154. The minimum atomic E-state index is -1.12. The van der Waals surface area contributed by atoms with E-state index in [-0.39, 0.29) is 0 Å². The van der Waals surface area contributed by atoms with Crippen LogP contribution in [0.4, 0.5) is 0 Å². The second kappa shape index (κ2) is 4.75. The van der Waals surface area contributed by atoms with Crippen LogP contribution in [0.2, 0.25) is 10.0 Å². The Morgan fingerprint density at radius 2 is 1.71 bits per heavy atom. The van der Waals surface area contributed by atoms with E-state index >= 15 is 0 Å². The zero-order valence-electron chi connectivity index (χ0n) is 9.08. The molecule has 0 heterocycles. The van der Waals surface area contributed by atoms with Crippen LogP contribution in [0.25, 0.3) is 0 Å². The molecular weight excluding hydrogens is 263 g/mol. The number of ether oxygens (including phenoxy) is 1. The third kappa shape index (κ3) is 2.67. The van der Waals surface area contributed by atoms with Crippen molar-refractivity contribution >= 4 is 29.2 Å². The van der Waals surface area contributed by atoms with E-state index < -0.39 is 11.6 Å². The third-order valence-electron chi connectivity index (χ3n) is 2.95. The lowest BCUT2D eigenvalue weighted by Crippen LogP contribution is -2.41. The van der Waals surface area contributed by atoms with Crippen molar-refractivity contribution in [2.75, 3.05) is 0 Å². The third-order valence-corrected chi connectivity index (χ3v) is 3.39. The maximum absolute atomic E-state index is 11.3. The van der Waals surface area contributed by atoms with Crippen molar-refractivity contribution in [2.24, 2.45) is 0 Å². The fraction of sp³-hybridized carbons (Fsp3) is 0.417. The Hall–Kier alpha value is -0.930. The molecule has 0 radical (unpaired) electrons. The average molecular weight is 275 g/mol. The molecule has 0 aromatic heterocycles. The molecule has 5 heteroatoms. The lowest BCUT2D eigenvalue weighted by Gasteiger charge is -2.25. The monoisotopic (exact) mass is 274 g/mol. The molecule has 1 aromatic rings. The predicted molar refractivity (Wildman–Crippen MR) is 65.9 cm³/mol. The van der Waals surface area contributed by atoms with E-state index in [1.54, 1.807) is 18.2 Å². The van der Waals surface area contributed by atoms with Gasteiger partial charge in [-0.2, -0.15) is 0 Å². The Morgan fingerprint density at radius 3 is 2.18 bits per heavy atom. The number of carbonyl (C=O) groups is 1. The predicted octanol–water partition coefficient (Wildman–Crippen LogP) is 3.77. The summed E-state index contributed by atoms with van der Waals surface area (Å²) in [6.45, 7) is 0. The van der Waals surface area contributed by atoms with Gasteiger partial charge in [0.1, 0.15) is 5.75 Å². The summed E-state index contributed by atoms with van der Waals surface area (Å²) in [5, 5.41) is 10.1. The SMILES string of the molecule is O=C(O)C1(Oc2cc(Cl)cc(Cl)c2)CCCC1. The van der Waals surface area contributed by atoms with Gasteiger partial charge >= 0.3 is 5.97 Å². The number of halogens is 2. The normalized spacial score (nSPS) is 18.0. The minimum Gasteiger partial charge on any atom is -0.478 e. The number of benzene rings is 1. The Kier molecular flexibility index (Phi) is 3.50. The fourth-order valence-corrected chi connectivity index (χ4v) is 2.62. The van der Waals surface area contributed by atoms with E-state index in [9.17, 15) is 9.90 Å². The smallest absolute Gasteiger partial charge is 0.348 e. The zero-order chi connectivity index (χ0) is 12.5. The molecule has 0 bridgehead atoms. The highest BCUT2D eigenvalue weighted by Gasteiger charge is 2.43. The first kappa shape index (κ1) is 12.5. The molecule has 1 aliphatic rings. The van der Waals surface area contributed by atoms with Crippen LogP contribution in [-0.2, 0) is 4.79 Å². The molecule has 1 saturated carbocycles. The second-order valence-electron chi connectivity index (χ2n) is 4.21. The van der Waals surface area contributed by atoms with E-state index in [4.69, 9.17) is 27.9 Å². The van der Waals surface area contributed by atoms with Crippen LogP contribution >= 0.6 is 23.2 Å². The number of aliphatic carboxylic acids is 1. The Balaban J connectivity index is 2.26. The van der Waals surface area contributed by atoms with Crippen LogP contribution in [0, 0.1) is 0 Å². The van der Waals surface area contributed by atoms with Gasteiger partial charge < -0.3 is 9.84 Å². The summed E-state index contributed by atoms with van der Waals surface area (Å²) < 4.78 is 5.62. The molecule has 0 aliphatic heterocycles. The Labute approximate surface area is 109 Å². The summed E-state index contributed by atoms with van der Waals surface area (Å²) in [6.07, 6.45) is 2.76. The van der Waals surface area contributed by atoms with Gasteiger partial charge in [-0.05, 0) is 43.9 Å². The zero-order valence-corrected chi connectivity index (χ0v) is 10.6. The lowest BCUT2D eigenvalue weighted by atomic mass is 10.0. The quantitative estimate of drug-likeness (QED) is 0.913. The van der Waals surface area contributed by atoms with Crippen molar-refractivity contribution < 1.29 is 14.6 Å². The van der Waals surface area contributed by atoms with Crippen molar-refractivity contribution in [3.05, 3.63) is 28.2 Å². The summed E-state index contributed by atoms with van der Waals surface area (Å²) >= 11 is 11.7. The first-order valence-electron chi connectivity index (χ1n) is 5.40. The van der Waals surface area contributed by atoms with Crippen LogP contribution in [0.5, 0.6) is 5.75 Å². The highest BCUT2D eigenvalue weighted by molar-refractivity contribution is 6.34. The van der Waals surface area contributed by atoms with E-state index in [1.165, 1.54) is 0 Å². The minimum absolute atomic E-state index is 0.409. The number of hydrogen-bond donors (Lipinski definition) is 1. The van der Waals surface area contributed by atoms with E-state index in [0.29, 0.717) is 28.6 Å². The van der Waals surface area contributed by atoms with Gasteiger partial charge in [0.2, 0.25) is 5.60 Å². The molecular formula is C12H12Cl2O3. The highest BCUT2D eigenvalue weighted by Crippen LogP contribution is 2.36. The van der Waals surface area contributed by atoms with Gasteiger partial charge in [-0.15, -0.1) is 0 Å².